The molecule has 0 bridgehead atoms. The lowest BCUT2D eigenvalue weighted by Crippen LogP contribution is -2.43. The van der Waals surface area contributed by atoms with Gasteiger partial charge in [0.1, 0.15) is 11.4 Å². The third-order valence-electron chi connectivity index (χ3n) is 4.86. The summed E-state index contributed by atoms with van der Waals surface area (Å²) in [4.78, 5) is 31.8. The van der Waals surface area contributed by atoms with Gasteiger partial charge in [-0.15, -0.1) is 11.3 Å². The molecule has 1 aliphatic rings. The number of nitrogens with one attached hydrogen (secondary N) is 1. The number of guanidine groups is 1. The van der Waals surface area contributed by atoms with Gasteiger partial charge in [0.2, 0.25) is 0 Å². The number of thiophene rings is 1. The number of halogens is 6. The zero-order chi connectivity index (χ0) is 23.1. The average molecular weight is 471 g/mol. The zero-order valence-corrected chi connectivity index (χ0v) is 17.3. The lowest BCUT2D eigenvalue weighted by atomic mass is 10.2. The molecule has 0 radical (unpaired) electrons. The normalized spacial score (nSPS) is 16.5. The molecule has 3 heterocycles. The average Bonchev–Trinajstić information content (AvgIpc) is 3.22. The minimum absolute atomic E-state index is 0.0431. The van der Waals surface area contributed by atoms with Crippen LogP contribution in [0.1, 0.15) is 16.9 Å². The summed E-state index contributed by atoms with van der Waals surface area (Å²) >= 11 is 0.932. The Morgan fingerprint density at radius 3 is 2.35 bits per heavy atom. The highest BCUT2D eigenvalue weighted by molar-refractivity contribution is 7.18. The number of hydrogen-bond donors (Lipinski definition) is 1. The quantitative estimate of drug-likeness (QED) is 0.681. The molecule has 1 saturated heterocycles. The molecule has 2 aromatic heterocycles. The van der Waals surface area contributed by atoms with Gasteiger partial charge in [0.25, 0.3) is 5.56 Å². The Morgan fingerprint density at radius 1 is 1.10 bits per heavy atom. The highest BCUT2D eigenvalue weighted by atomic mass is 32.1. The van der Waals surface area contributed by atoms with Crippen molar-refractivity contribution in [2.24, 2.45) is 4.99 Å². The number of nitrogens with zero attached hydrogens (tertiary/aromatic N) is 4. The Labute approximate surface area is 175 Å². The van der Waals surface area contributed by atoms with Crippen LogP contribution >= 0.6 is 11.3 Å². The second-order valence-corrected chi connectivity index (χ2v) is 8.12. The maximum Gasteiger partial charge on any atom is 0.406 e. The van der Waals surface area contributed by atoms with Crippen molar-refractivity contribution in [3.8, 4) is 0 Å². The molecule has 0 saturated carbocycles. The summed E-state index contributed by atoms with van der Waals surface area (Å²) in [6.07, 6.45) is -10.9. The second-order valence-electron chi connectivity index (χ2n) is 7.03. The van der Waals surface area contributed by atoms with Crippen molar-refractivity contribution in [1.29, 1.82) is 0 Å². The number of aliphatic imine (C=N–C) groups is 1. The summed E-state index contributed by atoms with van der Waals surface area (Å²) in [5.41, 5.74) is -2.24. The third-order valence-corrected chi connectivity index (χ3v) is 6.16. The van der Waals surface area contributed by atoms with E-state index < -0.39 is 43.1 Å². The maximum absolute atomic E-state index is 13.0. The summed E-state index contributed by atoms with van der Waals surface area (Å²) in [5, 5.41) is 2.87. The van der Waals surface area contributed by atoms with Gasteiger partial charge in [-0.05, 0) is 12.5 Å². The first kappa shape index (κ1) is 23.2. The molecule has 1 fully saturated rings. The van der Waals surface area contributed by atoms with E-state index in [-0.39, 0.29) is 21.3 Å². The van der Waals surface area contributed by atoms with Crippen molar-refractivity contribution in [3.63, 3.8) is 0 Å². The van der Waals surface area contributed by atoms with E-state index in [0.717, 1.165) is 11.3 Å². The molecule has 0 unspecified atom stereocenters. The summed E-state index contributed by atoms with van der Waals surface area (Å²) in [7, 11) is 1.57. The van der Waals surface area contributed by atoms with E-state index >= 15 is 0 Å². The Kier molecular flexibility index (Phi) is 6.13. The molecule has 0 amide bonds. The fraction of sp³-hybridized carbons (Fsp3) is 0.588. The van der Waals surface area contributed by atoms with Crippen LogP contribution in [0, 0.1) is 6.92 Å². The van der Waals surface area contributed by atoms with Crippen molar-refractivity contribution in [3.05, 3.63) is 31.3 Å². The van der Waals surface area contributed by atoms with Gasteiger partial charge in [-0.2, -0.15) is 26.3 Å². The molecule has 31 heavy (non-hydrogen) atoms. The van der Waals surface area contributed by atoms with E-state index in [1.54, 1.807) is 7.05 Å². The van der Waals surface area contributed by atoms with Gasteiger partial charge in [0.05, 0.1) is 18.4 Å². The second kappa shape index (κ2) is 8.20. The van der Waals surface area contributed by atoms with Gasteiger partial charge < -0.3 is 10.2 Å². The Balaban J connectivity index is 2.18. The van der Waals surface area contributed by atoms with Gasteiger partial charge in [-0.25, -0.2) is 4.79 Å². The fourth-order valence-electron chi connectivity index (χ4n) is 3.41. The van der Waals surface area contributed by atoms with Crippen molar-refractivity contribution in [2.75, 3.05) is 20.1 Å². The maximum atomic E-state index is 13.0. The summed E-state index contributed by atoms with van der Waals surface area (Å²) in [5.74, 6) is 0.584. The molecule has 1 aliphatic heterocycles. The molecule has 1 N–H and O–H groups in total. The minimum Gasteiger partial charge on any atom is -0.354 e. The monoisotopic (exact) mass is 471 g/mol. The summed E-state index contributed by atoms with van der Waals surface area (Å²) in [6.45, 7) is 0.198. The van der Waals surface area contributed by atoms with Crippen molar-refractivity contribution >= 4 is 27.5 Å². The van der Waals surface area contributed by atoms with Gasteiger partial charge in [-0.1, -0.05) is 0 Å². The highest BCUT2D eigenvalue weighted by Crippen LogP contribution is 2.30. The molecular formula is C17H19F6N5O2S. The van der Waals surface area contributed by atoms with E-state index in [1.165, 1.54) is 6.92 Å². The number of aryl methyl sites for hydroxylation is 2. The Bertz CT molecular complexity index is 1130. The first-order valence-corrected chi connectivity index (χ1v) is 9.98. The molecule has 0 atom stereocenters. The molecule has 7 nitrogen and oxygen atoms in total. The van der Waals surface area contributed by atoms with Crippen molar-refractivity contribution < 1.29 is 26.3 Å². The van der Waals surface area contributed by atoms with Gasteiger partial charge in [-0.3, -0.25) is 18.9 Å². The van der Waals surface area contributed by atoms with Gasteiger partial charge >= 0.3 is 18.0 Å². The number of alkyl halides is 6. The molecule has 0 aromatic carbocycles. The molecule has 3 rings (SSSR count). The SMILES string of the molecule is CN=C1NCCN1Cc1sc2c(c1C)c(=O)n(CC(F)(F)F)c(=O)n2CCC(F)(F)F. The fourth-order valence-corrected chi connectivity index (χ4v) is 4.74. The van der Waals surface area contributed by atoms with Crippen LogP contribution in [0.4, 0.5) is 26.3 Å². The number of hydrogen-bond acceptors (Lipinski definition) is 4. The molecule has 0 aliphatic carbocycles. The predicted molar refractivity (Wildman–Crippen MR) is 104 cm³/mol. The largest absolute Gasteiger partial charge is 0.406 e. The van der Waals surface area contributed by atoms with Crippen LogP contribution < -0.4 is 16.6 Å². The van der Waals surface area contributed by atoms with Crippen LogP contribution in [-0.4, -0.2) is 52.5 Å². The van der Waals surface area contributed by atoms with Crippen LogP contribution in [0.5, 0.6) is 0 Å². The van der Waals surface area contributed by atoms with Crippen LogP contribution in [0.25, 0.3) is 10.2 Å². The topological polar surface area (TPSA) is 71.6 Å². The summed E-state index contributed by atoms with van der Waals surface area (Å²) in [6, 6.07) is 0. The molecule has 2 aromatic rings. The van der Waals surface area contributed by atoms with E-state index in [4.69, 9.17) is 0 Å². The van der Waals surface area contributed by atoms with E-state index in [1.807, 2.05) is 4.90 Å². The van der Waals surface area contributed by atoms with E-state index in [2.05, 4.69) is 10.3 Å². The van der Waals surface area contributed by atoms with Crippen molar-refractivity contribution in [1.82, 2.24) is 19.4 Å². The number of fused-ring (bicyclic) bond motifs is 1. The van der Waals surface area contributed by atoms with Crippen LogP contribution in [-0.2, 0) is 19.6 Å². The van der Waals surface area contributed by atoms with Crippen molar-refractivity contribution in [2.45, 2.75) is 45.3 Å². The minimum atomic E-state index is -4.89. The Morgan fingerprint density at radius 2 is 1.77 bits per heavy atom. The Hall–Kier alpha value is -2.51. The lowest BCUT2D eigenvalue weighted by Gasteiger charge is -2.16. The smallest absolute Gasteiger partial charge is 0.354 e. The van der Waals surface area contributed by atoms with E-state index in [9.17, 15) is 35.9 Å². The molecular weight excluding hydrogens is 452 g/mol. The molecule has 14 heteroatoms. The third kappa shape index (κ3) is 4.88. The first-order chi connectivity index (χ1) is 14.3. The van der Waals surface area contributed by atoms with Crippen LogP contribution in [0.3, 0.4) is 0 Å². The van der Waals surface area contributed by atoms with Gasteiger partial charge in [0, 0.05) is 31.6 Å². The number of rotatable bonds is 5. The van der Waals surface area contributed by atoms with E-state index in [0.29, 0.717) is 34.1 Å². The summed E-state index contributed by atoms with van der Waals surface area (Å²) < 4.78 is 77.8. The molecule has 0 spiro atoms. The van der Waals surface area contributed by atoms with Gasteiger partial charge in [0.15, 0.2) is 5.96 Å². The highest BCUT2D eigenvalue weighted by Gasteiger charge is 2.33. The predicted octanol–water partition coefficient (Wildman–Crippen LogP) is 2.44. The van der Waals surface area contributed by atoms with Crippen LogP contribution in [0.15, 0.2) is 14.6 Å². The molecule has 172 valence electrons. The standard InChI is InChI=1S/C17H19F6N5O2S/c1-9-10(7-26-6-4-25-14(26)24-2)31-13-11(9)12(29)28(8-17(21,22)23)15(30)27(13)5-3-16(18,19)20/h3-8H2,1-2H3,(H,24,25). The van der Waals surface area contributed by atoms with Crippen LogP contribution in [0.2, 0.25) is 0 Å². The first-order valence-electron chi connectivity index (χ1n) is 9.17. The number of aromatic nitrogens is 2. The lowest BCUT2D eigenvalue weighted by molar-refractivity contribution is -0.143. The zero-order valence-electron chi connectivity index (χ0n) is 16.5.